The number of anilines is 3. The summed E-state index contributed by atoms with van der Waals surface area (Å²) in [6.45, 7) is 6.21. The van der Waals surface area contributed by atoms with Gasteiger partial charge in [0.15, 0.2) is 0 Å². The van der Waals surface area contributed by atoms with E-state index in [0.717, 1.165) is 19.6 Å². The Morgan fingerprint density at radius 3 is 2.46 bits per heavy atom. The number of likely N-dealkylation sites (N-methyl/N-ethyl adjacent to an activating group) is 1. The molecule has 1 aromatic carbocycles. The normalized spacial score (nSPS) is 14.9. The molecular formula is C17H22N6O3. The summed E-state index contributed by atoms with van der Waals surface area (Å²) >= 11 is 0. The smallest absolute Gasteiger partial charge is 0.353 e. The fraction of sp³-hybridized carbons (Fsp3) is 0.412. The maximum atomic E-state index is 11.7. The van der Waals surface area contributed by atoms with Crippen molar-refractivity contribution in [3.05, 3.63) is 40.7 Å². The Kier molecular flexibility index (Phi) is 5.47. The Balaban J connectivity index is 1.87. The zero-order valence-electron chi connectivity index (χ0n) is 14.9. The number of rotatable bonds is 6. The van der Waals surface area contributed by atoms with E-state index in [0.29, 0.717) is 30.3 Å². The molecule has 0 atom stereocenters. The average molecular weight is 358 g/mol. The van der Waals surface area contributed by atoms with Crippen LogP contribution in [-0.4, -0.2) is 59.6 Å². The third-order valence-electron chi connectivity index (χ3n) is 4.46. The van der Waals surface area contributed by atoms with E-state index < -0.39 is 4.92 Å². The molecule has 1 aliphatic rings. The fourth-order valence-electron chi connectivity index (χ4n) is 2.95. The van der Waals surface area contributed by atoms with Gasteiger partial charge in [0.1, 0.15) is 12.1 Å². The van der Waals surface area contributed by atoms with E-state index in [1.807, 2.05) is 4.90 Å². The van der Waals surface area contributed by atoms with E-state index in [4.69, 9.17) is 4.74 Å². The molecule has 0 spiro atoms. The van der Waals surface area contributed by atoms with Crippen LogP contribution in [0, 0.1) is 10.1 Å². The van der Waals surface area contributed by atoms with Gasteiger partial charge < -0.3 is 19.9 Å². The van der Waals surface area contributed by atoms with E-state index in [1.54, 1.807) is 31.4 Å². The van der Waals surface area contributed by atoms with E-state index >= 15 is 0 Å². The zero-order chi connectivity index (χ0) is 18.5. The highest BCUT2D eigenvalue weighted by atomic mass is 16.6. The van der Waals surface area contributed by atoms with Gasteiger partial charge in [-0.25, -0.2) is 9.97 Å². The summed E-state index contributed by atoms with van der Waals surface area (Å²) in [5, 5.41) is 14.7. The highest BCUT2D eigenvalue weighted by Gasteiger charge is 2.29. The van der Waals surface area contributed by atoms with Crippen LogP contribution in [0.4, 0.5) is 23.0 Å². The minimum absolute atomic E-state index is 0.103. The molecule has 0 unspecified atom stereocenters. The Hall–Kier alpha value is -2.94. The number of hydrogen-bond acceptors (Lipinski definition) is 8. The van der Waals surface area contributed by atoms with Gasteiger partial charge >= 0.3 is 5.69 Å². The fourth-order valence-corrected chi connectivity index (χ4v) is 2.95. The molecule has 9 heteroatoms. The third kappa shape index (κ3) is 3.83. The van der Waals surface area contributed by atoms with E-state index in [1.165, 1.54) is 6.33 Å². The number of nitrogens with zero attached hydrogens (tertiary/aromatic N) is 5. The Morgan fingerprint density at radius 2 is 1.88 bits per heavy atom. The monoisotopic (exact) mass is 358 g/mol. The van der Waals surface area contributed by atoms with Crippen molar-refractivity contribution in [2.45, 2.75) is 6.92 Å². The predicted octanol–water partition coefficient (Wildman–Crippen LogP) is 2.28. The molecule has 1 saturated heterocycles. The van der Waals surface area contributed by atoms with E-state index in [2.05, 4.69) is 27.1 Å². The maximum Gasteiger partial charge on any atom is 0.353 e. The molecule has 2 heterocycles. The molecule has 0 amide bonds. The van der Waals surface area contributed by atoms with E-state index in [-0.39, 0.29) is 11.5 Å². The quantitative estimate of drug-likeness (QED) is 0.620. The Labute approximate surface area is 151 Å². The summed E-state index contributed by atoms with van der Waals surface area (Å²) in [6, 6.07) is 7.12. The van der Waals surface area contributed by atoms with Crippen LogP contribution in [0.3, 0.4) is 0 Å². The molecule has 2 aromatic rings. The Morgan fingerprint density at radius 1 is 1.19 bits per heavy atom. The molecule has 0 saturated carbocycles. The van der Waals surface area contributed by atoms with Crippen molar-refractivity contribution < 1.29 is 9.66 Å². The molecule has 138 valence electrons. The molecule has 1 fully saturated rings. The summed E-state index contributed by atoms with van der Waals surface area (Å²) < 4.78 is 5.13. The molecule has 1 aliphatic heterocycles. The largest absolute Gasteiger partial charge is 0.497 e. The minimum atomic E-state index is -0.423. The molecule has 1 aromatic heterocycles. The van der Waals surface area contributed by atoms with Crippen LogP contribution in [0.5, 0.6) is 5.75 Å². The van der Waals surface area contributed by atoms with Crippen LogP contribution in [0.2, 0.25) is 0 Å². The lowest BCUT2D eigenvalue weighted by molar-refractivity contribution is -0.383. The highest BCUT2D eigenvalue weighted by Crippen LogP contribution is 2.34. The number of benzene rings is 1. The first-order valence-electron chi connectivity index (χ1n) is 8.50. The number of nitro groups is 1. The lowest BCUT2D eigenvalue weighted by atomic mass is 10.2. The van der Waals surface area contributed by atoms with Crippen molar-refractivity contribution in [2.75, 3.05) is 50.1 Å². The average Bonchev–Trinajstić information content (AvgIpc) is 2.68. The van der Waals surface area contributed by atoms with Crippen molar-refractivity contribution in [3.8, 4) is 5.75 Å². The van der Waals surface area contributed by atoms with Gasteiger partial charge in [-0.2, -0.15) is 0 Å². The van der Waals surface area contributed by atoms with Crippen LogP contribution in [0.25, 0.3) is 0 Å². The zero-order valence-corrected chi connectivity index (χ0v) is 14.9. The molecule has 0 bridgehead atoms. The second-order valence-electron chi connectivity index (χ2n) is 5.93. The Bertz CT molecular complexity index is 760. The second kappa shape index (κ2) is 7.96. The van der Waals surface area contributed by atoms with Crippen LogP contribution in [-0.2, 0) is 0 Å². The molecule has 0 aliphatic carbocycles. The molecule has 26 heavy (non-hydrogen) atoms. The molecule has 0 radical (unpaired) electrons. The van der Waals surface area contributed by atoms with Gasteiger partial charge in [-0.3, -0.25) is 10.1 Å². The van der Waals surface area contributed by atoms with Crippen LogP contribution >= 0.6 is 0 Å². The minimum Gasteiger partial charge on any atom is -0.497 e. The van der Waals surface area contributed by atoms with Gasteiger partial charge in [0.05, 0.1) is 12.0 Å². The topological polar surface area (TPSA) is 96.7 Å². The van der Waals surface area contributed by atoms with Gasteiger partial charge in [-0.1, -0.05) is 6.92 Å². The van der Waals surface area contributed by atoms with Crippen molar-refractivity contribution >= 4 is 23.0 Å². The first kappa shape index (κ1) is 17.9. The van der Waals surface area contributed by atoms with Crippen LogP contribution in [0.15, 0.2) is 30.6 Å². The number of nitrogens with one attached hydrogen (secondary N) is 1. The SMILES string of the molecule is CCN1CCN(c2ncnc(Nc3ccc(OC)cc3)c2[N+](=O)[O-])CC1. The van der Waals surface area contributed by atoms with Crippen molar-refractivity contribution in [1.29, 1.82) is 0 Å². The van der Waals surface area contributed by atoms with Crippen LogP contribution in [0.1, 0.15) is 6.92 Å². The number of piperazine rings is 1. The maximum absolute atomic E-state index is 11.7. The standard InChI is InChI=1S/C17H22N6O3/c1-3-21-8-10-22(11-9-21)17-15(23(24)25)16(18-12-19-17)20-13-4-6-14(26-2)7-5-13/h4-7,12H,3,8-11H2,1-2H3,(H,18,19,20). The van der Waals surface area contributed by atoms with Gasteiger partial charge in [0.2, 0.25) is 11.6 Å². The number of aromatic nitrogens is 2. The summed E-state index contributed by atoms with van der Waals surface area (Å²) in [5.74, 6) is 1.25. The summed E-state index contributed by atoms with van der Waals surface area (Å²) in [5.41, 5.74) is 0.586. The summed E-state index contributed by atoms with van der Waals surface area (Å²) in [4.78, 5) is 23.8. The first-order valence-corrected chi connectivity index (χ1v) is 8.50. The van der Waals surface area contributed by atoms with Crippen LogP contribution < -0.4 is 15.0 Å². The van der Waals surface area contributed by atoms with Crippen molar-refractivity contribution in [2.24, 2.45) is 0 Å². The lowest BCUT2D eigenvalue weighted by Gasteiger charge is -2.34. The number of ether oxygens (including phenoxy) is 1. The highest BCUT2D eigenvalue weighted by molar-refractivity contribution is 5.74. The number of methoxy groups -OCH3 is 1. The summed E-state index contributed by atoms with van der Waals surface area (Å²) in [6.07, 6.45) is 1.36. The van der Waals surface area contributed by atoms with Crippen molar-refractivity contribution in [1.82, 2.24) is 14.9 Å². The van der Waals surface area contributed by atoms with Crippen molar-refractivity contribution in [3.63, 3.8) is 0 Å². The predicted molar refractivity (Wildman–Crippen MR) is 99.3 cm³/mol. The lowest BCUT2D eigenvalue weighted by Crippen LogP contribution is -2.46. The first-order chi connectivity index (χ1) is 12.6. The summed E-state index contributed by atoms with van der Waals surface area (Å²) in [7, 11) is 1.59. The second-order valence-corrected chi connectivity index (χ2v) is 5.93. The van der Waals surface area contributed by atoms with Gasteiger partial charge in [0.25, 0.3) is 0 Å². The third-order valence-corrected chi connectivity index (χ3v) is 4.46. The number of hydrogen-bond donors (Lipinski definition) is 1. The molecule has 1 N–H and O–H groups in total. The van der Waals surface area contributed by atoms with Gasteiger partial charge in [0, 0.05) is 31.9 Å². The molecule has 9 nitrogen and oxygen atoms in total. The van der Waals surface area contributed by atoms with Gasteiger partial charge in [-0.15, -0.1) is 0 Å². The van der Waals surface area contributed by atoms with Gasteiger partial charge in [-0.05, 0) is 30.8 Å². The molecular weight excluding hydrogens is 336 g/mol. The van der Waals surface area contributed by atoms with E-state index in [9.17, 15) is 10.1 Å². The molecule has 3 rings (SSSR count).